The average molecular weight is 238 g/mol. The molecular weight excluding hydrogens is 226 g/mol. The van der Waals surface area contributed by atoms with Gasteiger partial charge in [0.15, 0.2) is 0 Å². The summed E-state index contributed by atoms with van der Waals surface area (Å²) in [4.78, 5) is 0. The van der Waals surface area contributed by atoms with E-state index in [-0.39, 0.29) is 52.8 Å². The van der Waals surface area contributed by atoms with Gasteiger partial charge in [0.05, 0.1) is 0 Å². The van der Waals surface area contributed by atoms with E-state index < -0.39 is 0 Å². The number of hydrogen-bond acceptors (Lipinski definition) is 0. The van der Waals surface area contributed by atoms with Crippen molar-refractivity contribution in [2.24, 2.45) is 0 Å². The summed E-state index contributed by atoms with van der Waals surface area (Å²) in [5, 5.41) is 0. The number of alkyl halides is 1. The Morgan fingerprint density at radius 2 is 2.14 bits per heavy atom. The summed E-state index contributed by atoms with van der Waals surface area (Å²) < 4.78 is 0.868. The molecule has 0 rings (SSSR count). The summed E-state index contributed by atoms with van der Waals surface area (Å²) in [5.41, 5.74) is 0. The van der Waals surface area contributed by atoms with Crippen molar-refractivity contribution in [2.75, 3.05) is 0 Å². The topological polar surface area (TPSA) is 0 Å². The van der Waals surface area contributed by atoms with E-state index in [9.17, 15) is 0 Å². The van der Waals surface area contributed by atoms with Crippen molar-refractivity contribution in [1.29, 1.82) is 0 Å². The third-order valence-electron chi connectivity index (χ3n) is 0.686. The largest absolute Gasteiger partial charge is 1.00 e. The van der Waals surface area contributed by atoms with Gasteiger partial charge >= 0.3 is 51.4 Å². The second-order valence-corrected chi connectivity index (χ2v) is 3.70. The molecule has 1 unspecified atom stereocenters. The zero-order valence-electron chi connectivity index (χ0n) is 6.37. The third kappa shape index (κ3) is 11.8. The first-order valence-electron chi connectivity index (χ1n) is 2.41. The second kappa shape index (κ2) is 8.37. The fourth-order valence-corrected chi connectivity index (χ4v) is 1.02. The molecule has 0 aromatic heterocycles. The molecule has 0 heterocycles. The van der Waals surface area contributed by atoms with Crippen LogP contribution in [-0.2, 0) is 0 Å². The van der Waals surface area contributed by atoms with Crippen molar-refractivity contribution in [3.8, 4) is 0 Å². The van der Waals surface area contributed by atoms with Crippen LogP contribution >= 0.6 is 22.6 Å². The first-order chi connectivity index (χ1) is 2.77. The Morgan fingerprint density at radius 1 is 1.71 bits per heavy atom. The molecule has 0 fully saturated rings. The first-order valence-corrected chi connectivity index (χ1v) is 3.66. The zero-order chi connectivity index (χ0) is 4.99. The quantitative estimate of drug-likeness (QED) is 0.353. The van der Waals surface area contributed by atoms with Crippen LogP contribution in [0.4, 0.5) is 0 Å². The minimum Gasteiger partial charge on any atom is -1.00 e. The first kappa shape index (κ1) is 12.1. The Bertz CT molecular complexity index is 33.6. The maximum Gasteiger partial charge on any atom is 1.00 e. The Kier molecular flexibility index (Phi) is 14.4. The Hall–Kier alpha value is 2.37. The molecule has 2 heteroatoms. The monoisotopic (exact) mass is 238 g/mol. The van der Waals surface area contributed by atoms with Crippen LogP contribution in [0, 0.1) is 0 Å². The standard InChI is InChI=1S/C5H11I.K.H/c1-3-4-5(2)6;;/h5H,3-4H2,1-2H3;;/q;+1;-1. The Labute approximate surface area is 104 Å². The SMILES string of the molecule is CCCC(C)I.[H-].[K+]. The molecule has 0 nitrogen and oxygen atoms in total. The van der Waals surface area contributed by atoms with Gasteiger partial charge in [-0.25, -0.2) is 0 Å². The van der Waals surface area contributed by atoms with E-state index >= 15 is 0 Å². The van der Waals surface area contributed by atoms with Crippen LogP contribution in [0.3, 0.4) is 0 Å². The Balaban J connectivity index is -0.000000125. The van der Waals surface area contributed by atoms with Crippen molar-refractivity contribution in [2.45, 2.75) is 30.6 Å². The van der Waals surface area contributed by atoms with Crippen LogP contribution in [0.1, 0.15) is 28.1 Å². The summed E-state index contributed by atoms with van der Waals surface area (Å²) in [6.45, 7) is 4.46. The van der Waals surface area contributed by atoms with Crippen LogP contribution in [0.2, 0.25) is 0 Å². The van der Waals surface area contributed by atoms with Gasteiger partial charge < -0.3 is 1.43 Å². The van der Waals surface area contributed by atoms with Crippen LogP contribution in [0.5, 0.6) is 0 Å². The third-order valence-corrected chi connectivity index (χ3v) is 1.31. The van der Waals surface area contributed by atoms with Crippen molar-refractivity contribution < 1.29 is 52.8 Å². The molecule has 0 aliphatic carbocycles. The summed E-state index contributed by atoms with van der Waals surface area (Å²) >= 11 is 2.44. The molecule has 0 aromatic carbocycles. The number of halogens is 1. The minimum absolute atomic E-state index is 0. The molecule has 0 radical (unpaired) electrons. The number of hydrogen-bond donors (Lipinski definition) is 0. The predicted molar refractivity (Wildman–Crippen MR) is 39.5 cm³/mol. The van der Waals surface area contributed by atoms with Gasteiger partial charge in [0.1, 0.15) is 0 Å². The van der Waals surface area contributed by atoms with E-state index in [4.69, 9.17) is 0 Å². The average Bonchev–Trinajstić information content (AvgIpc) is 1.35. The molecule has 40 valence electrons. The van der Waals surface area contributed by atoms with Gasteiger partial charge in [-0.2, -0.15) is 0 Å². The van der Waals surface area contributed by atoms with Crippen LogP contribution < -0.4 is 51.4 Å². The molecule has 0 aliphatic heterocycles. The molecule has 1 atom stereocenters. The molecule has 0 saturated heterocycles. The maximum absolute atomic E-state index is 2.44. The fourth-order valence-electron chi connectivity index (χ4n) is 0.398. The zero-order valence-corrected chi connectivity index (χ0v) is 10.7. The van der Waals surface area contributed by atoms with Gasteiger partial charge in [0, 0.05) is 3.92 Å². The minimum atomic E-state index is 0. The van der Waals surface area contributed by atoms with Gasteiger partial charge in [-0.05, 0) is 6.42 Å². The normalized spacial score (nSPS) is 12.4. The van der Waals surface area contributed by atoms with Gasteiger partial charge in [-0.15, -0.1) is 0 Å². The van der Waals surface area contributed by atoms with Gasteiger partial charge in [-0.1, -0.05) is 42.9 Å². The molecule has 0 aromatic rings. The maximum atomic E-state index is 2.44. The van der Waals surface area contributed by atoms with E-state index in [1.807, 2.05) is 0 Å². The van der Waals surface area contributed by atoms with Gasteiger partial charge in [0.2, 0.25) is 0 Å². The summed E-state index contributed by atoms with van der Waals surface area (Å²) in [5.74, 6) is 0. The molecule has 0 saturated carbocycles. The van der Waals surface area contributed by atoms with Crippen molar-refractivity contribution >= 4 is 22.6 Å². The predicted octanol–water partition coefficient (Wildman–Crippen LogP) is -0.273. The van der Waals surface area contributed by atoms with Crippen molar-refractivity contribution in [3.63, 3.8) is 0 Å². The van der Waals surface area contributed by atoms with Gasteiger partial charge in [-0.3, -0.25) is 0 Å². The van der Waals surface area contributed by atoms with E-state index in [1.54, 1.807) is 0 Å². The fraction of sp³-hybridized carbons (Fsp3) is 1.00. The smallest absolute Gasteiger partial charge is 1.00 e. The van der Waals surface area contributed by atoms with E-state index in [0.29, 0.717) is 0 Å². The molecule has 0 spiro atoms. The van der Waals surface area contributed by atoms with E-state index in [1.165, 1.54) is 12.8 Å². The molecule has 0 aliphatic rings. The summed E-state index contributed by atoms with van der Waals surface area (Å²) in [7, 11) is 0. The van der Waals surface area contributed by atoms with Crippen LogP contribution in [0.15, 0.2) is 0 Å². The summed E-state index contributed by atoms with van der Waals surface area (Å²) in [6, 6.07) is 0. The van der Waals surface area contributed by atoms with Crippen LogP contribution in [-0.4, -0.2) is 3.92 Å². The second-order valence-electron chi connectivity index (χ2n) is 1.57. The molecular formula is C5H12IK. The molecule has 7 heavy (non-hydrogen) atoms. The van der Waals surface area contributed by atoms with Crippen LogP contribution in [0.25, 0.3) is 0 Å². The number of rotatable bonds is 2. The van der Waals surface area contributed by atoms with Crippen molar-refractivity contribution in [3.05, 3.63) is 0 Å². The molecule has 0 N–H and O–H groups in total. The van der Waals surface area contributed by atoms with E-state index in [2.05, 4.69) is 36.4 Å². The molecule has 0 bridgehead atoms. The van der Waals surface area contributed by atoms with Gasteiger partial charge in [0.25, 0.3) is 0 Å². The molecule has 0 amide bonds. The van der Waals surface area contributed by atoms with E-state index in [0.717, 1.165) is 3.92 Å². The summed E-state index contributed by atoms with van der Waals surface area (Å²) in [6.07, 6.45) is 2.69. The Morgan fingerprint density at radius 3 is 2.14 bits per heavy atom. The van der Waals surface area contributed by atoms with Crippen molar-refractivity contribution in [1.82, 2.24) is 0 Å².